The largest absolute Gasteiger partial charge is 0.481 e. The molecule has 1 aliphatic carbocycles. The number of rotatable bonds is 12. The summed E-state index contributed by atoms with van der Waals surface area (Å²) in [6.45, 7) is 2.10. The molecule has 150 valence electrons. The third kappa shape index (κ3) is 9.50. The number of hydrogen-bond acceptors (Lipinski definition) is 4. The third-order valence-electron chi connectivity index (χ3n) is 4.62. The maximum Gasteiger partial charge on any atom is 0.303 e. The molecule has 1 aliphatic rings. The van der Waals surface area contributed by atoms with E-state index in [0.29, 0.717) is 6.42 Å². The van der Waals surface area contributed by atoms with Crippen LogP contribution in [0.15, 0.2) is 48.6 Å². The minimum atomic E-state index is -0.951. The second kappa shape index (κ2) is 13.2. The summed E-state index contributed by atoms with van der Waals surface area (Å²) in [5.74, 6) is -1.96. The van der Waals surface area contributed by atoms with Crippen LogP contribution < -0.4 is 0 Å². The molecule has 0 heterocycles. The summed E-state index contributed by atoms with van der Waals surface area (Å²) in [5.41, 5.74) is 0. The van der Waals surface area contributed by atoms with Crippen LogP contribution in [0.3, 0.4) is 0 Å². The lowest BCUT2D eigenvalue weighted by Crippen LogP contribution is -2.20. The van der Waals surface area contributed by atoms with Gasteiger partial charge in [-0.25, -0.2) is 0 Å². The van der Waals surface area contributed by atoms with E-state index in [2.05, 4.69) is 31.2 Å². The molecule has 5 nitrogen and oxygen atoms in total. The van der Waals surface area contributed by atoms with Gasteiger partial charge in [-0.2, -0.15) is 0 Å². The van der Waals surface area contributed by atoms with Crippen LogP contribution in [0.5, 0.6) is 0 Å². The maximum absolute atomic E-state index is 11.9. The second-order valence-electron chi connectivity index (χ2n) is 6.84. The van der Waals surface area contributed by atoms with Crippen LogP contribution in [-0.2, 0) is 9.59 Å². The highest BCUT2D eigenvalue weighted by Crippen LogP contribution is 2.33. The number of Topliss-reactive ketones (excluding diaryl/α,β-unsaturated/α-hetero) is 1. The number of aliphatic hydroxyl groups excluding tert-OH is 2. The number of aliphatic carboxylic acids is 1. The quantitative estimate of drug-likeness (QED) is 0.453. The van der Waals surface area contributed by atoms with E-state index >= 15 is 0 Å². The van der Waals surface area contributed by atoms with E-state index in [9.17, 15) is 19.8 Å². The van der Waals surface area contributed by atoms with Gasteiger partial charge in [0.05, 0.1) is 12.2 Å². The van der Waals surface area contributed by atoms with Gasteiger partial charge in [-0.05, 0) is 32.1 Å². The van der Waals surface area contributed by atoms with E-state index < -0.39 is 30.0 Å². The van der Waals surface area contributed by atoms with E-state index in [0.717, 1.165) is 19.3 Å². The normalized spacial score (nSPS) is 24.9. The number of ketones is 1. The molecular weight excluding hydrogens is 344 g/mol. The van der Waals surface area contributed by atoms with Crippen molar-refractivity contribution in [2.24, 2.45) is 11.8 Å². The Balaban J connectivity index is 2.40. The third-order valence-corrected chi connectivity index (χ3v) is 4.62. The molecule has 0 aromatic carbocycles. The Hall–Kier alpha value is -1.98. The number of carboxylic acids is 1. The van der Waals surface area contributed by atoms with Gasteiger partial charge in [0.25, 0.3) is 0 Å². The molecule has 4 atom stereocenters. The molecule has 0 radical (unpaired) electrons. The minimum absolute atomic E-state index is 0.0507. The first-order valence-corrected chi connectivity index (χ1v) is 9.69. The van der Waals surface area contributed by atoms with Crippen LogP contribution in [0.2, 0.25) is 0 Å². The van der Waals surface area contributed by atoms with Gasteiger partial charge in [-0.3, -0.25) is 9.59 Å². The summed E-state index contributed by atoms with van der Waals surface area (Å²) >= 11 is 0. The molecule has 0 aliphatic heterocycles. The van der Waals surface area contributed by atoms with E-state index in [1.807, 2.05) is 12.2 Å². The molecule has 0 amide bonds. The lowest BCUT2D eigenvalue weighted by Gasteiger charge is -2.17. The summed E-state index contributed by atoms with van der Waals surface area (Å²) in [7, 11) is 0. The molecule has 5 heteroatoms. The molecule has 0 aromatic rings. The van der Waals surface area contributed by atoms with Gasteiger partial charge >= 0.3 is 5.97 Å². The van der Waals surface area contributed by atoms with Gasteiger partial charge in [0.2, 0.25) is 0 Å². The van der Waals surface area contributed by atoms with Crippen LogP contribution in [0.25, 0.3) is 0 Å². The van der Waals surface area contributed by atoms with Crippen molar-refractivity contribution in [2.45, 2.75) is 64.1 Å². The molecule has 1 rings (SSSR count). The molecule has 0 bridgehead atoms. The van der Waals surface area contributed by atoms with Gasteiger partial charge in [-0.15, -0.1) is 0 Å². The van der Waals surface area contributed by atoms with Gasteiger partial charge in [0.15, 0.2) is 0 Å². The monoisotopic (exact) mass is 376 g/mol. The first-order valence-electron chi connectivity index (χ1n) is 9.69. The van der Waals surface area contributed by atoms with Crippen molar-refractivity contribution >= 4 is 11.8 Å². The van der Waals surface area contributed by atoms with Crippen LogP contribution >= 0.6 is 0 Å². The highest BCUT2D eigenvalue weighted by Gasteiger charge is 2.39. The van der Waals surface area contributed by atoms with E-state index in [1.54, 1.807) is 12.2 Å². The Morgan fingerprint density at radius 2 is 1.78 bits per heavy atom. The van der Waals surface area contributed by atoms with Crippen LogP contribution in [0, 0.1) is 11.8 Å². The maximum atomic E-state index is 11.9. The van der Waals surface area contributed by atoms with Gasteiger partial charge < -0.3 is 15.3 Å². The Kier molecular flexibility index (Phi) is 11.3. The summed E-state index contributed by atoms with van der Waals surface area (Å²) in [6, 6.07) is 0. The first kappa shape index (κ1) is 23.1. The van der Waals surface area contributed by atoms with E-state index in [-0.39, 0.29) is 25.0 Å². The standard InChI is InChI=1S/C22H32O5/c1-2-3-4-5-6-7-8-9-10-11-17(23)12-13-18-19(14-15-22(26)27)21(25)16-20(18)24/h3-4,6-7,9-10,12-13,17-20,23-24H,2,5,8,11,14-16H2,1H3,(H,26,27)/b4-3-,7-6+,10-9-,13-12+/t17-,18+,19-,20+/m0/s1. The van der Waals surface area contributed by atoms with Crippen molar-refractivity contribution in [3.8, 4) is 0 Å². The molecule has 27 heavy (non-hydrogen) atoms. The summed E-state index contributed by atoms with van der Waals surface area (Å²) in [6.07, 6.45) is 17.5. The number of carbonyl (C=O) groups is 2. The lowest BCUT2D eigenvalue weighted by atomic mass is 9.89. The Labute approximate surface area is 161 Å². The zero-order valence-corrected chi connectivity index (χ0v) is 16.0. The summed E-state index contributed by atoms with van der Waals surface area (Å²) in [5, 5.41) is 28.9. The molecular formula is C22H32O5. The molecule has 0 unspecified atom stereocenters. The highest BCUT2D eigenvalue weighted by molar-refractivity contribution is 5.85. The Morgan fingerprint density at radius 1 is 1.15 bits per heavy atom. The molecule has 1 saturated carbocycles. The Morgan fingerprint density at radius 3 is 2.41 bits per heavy atom. The number of allylic oxidation sites excluding steroid dienone is 5. The zero-order chi connectivity index (χ0) is 20.1. The molecule has 3 N–H and O–H groups in total. The minimum Gasteiger partial charge on any atom is -0.481 e. The average molecular weight is 376 g/mol. The van der Waals surface area contributed by atoms with E-state index in [4.69, 9.17) is 5.11 Å². The smallest absolute Gasteiger partial charge is 0.303 e. The predicted molar refractivity (Wildman–Crippen MR) is 106 cm³/mol. The van der Waals surface area contributed by atoms with Crippen LogP contribution in [0.4, 0.5) is 0 Å². The fraction of sp³-hybridized carbons (Fsp3) is 0.545. The Bertz CT molecular complexity index is 573. The molecule has 1 fully saturated rings. The first-order chi connectivity index (χ1) is 13.0. The van der Waals surface area contributed by atoms with Crippen molar-refractivity contribution in [1.82, 2.24) is 0 Å². The molecule has 0 aromatic heterocycles. The number of carbonyl (C=O) groups excluding carboxylic acids is 1. The second-order valence-corrected chi connectivity index (χ2v) is 6.84. The topological polar surface area (TPSA) is 94.8 Å². The van der Waals surface area contributed by atoms with E-state index in [1.165, 1.54) is 0 Å². The molecule has 0 saturated heterocycles. The fourth-order valence-electron chi connectivity index (χ4n) is 3.15. The SMILES string of the molecule is CC/C=C\C/C=C/C/C=C\C[C@H](O)/C=C/[C@H]1[C@H](O)CC(=O)[C@H]1CCC(=O)O. The van der Waals surface area contributed by atoms with Crippen molar-refractivity contribution in [3.63, 3.8) is 0 Å². The van der Waals surface area contributed by atoms with Crippen molar-refractivity contribution < 1.29 is 24.9 Å². The average Bonchev–Trinajstić information content (AvgIpc) is 2.89. The fourth-order valence-corrected chi connectivity index (χ4v) is 3.15. The van der Waals surface area contributed by atoms with Gasteiger partial charge in [0, 0.05) is 24.7 Å². The van der Waals surface area contributed by atoms with Gasteiger partial charge in [-0.1, -0.05) is 55.5 Å². The van der Waals surface area contributed by atoms with Crippen molar-refractivity contribution in [1.29, 1.82) is 0 Å². The summed E-state index contributed by atoms with van der Waals surface area (Å²) < 4.78 is 0. The van der Waals surface area contributed by atoms with Crippen molar-refractivity contribution in [2.75, 3.05) is 0 Å². The summed E-state index contributed by atoms with van der Waals surface area (Å²) in [4.78, 5) is 22.7. The predicted octanol–water partition coefficient (Wildman–Crippen LogP) is 3.58. The van der Waals surface area contributed by atoms with Gasteiger partial charge in [0.1, 0.15) is 5.78 Å². The van der Waals surface area contributed by atoms with Crippen molar-refractivity contribution in [3.05, 3.63) is 48.6 Å². The number of aliphatic hydroxyl groups is 2. The van der Waals surface area contributed by atoms with Crippen LogP contribution in [-0.4, -0.2) is 39.3 Å². The number of carboxylic acid groups (broad SMARTS) is 1. The zero-order valence-electron chi connectivity index (χ0n) is 16.0. The lowest BCUT2D eigenvalue weighted by molar-refractivity contribution is -0.137. The highest BCUT2D eigenvalue weighted by atomic mass is 16.4. The molecule has 0 spiro atoms. The number of hydrogen-bond donors (Lipinski definition) is 3. The van der Waals surface area contributed by atoms with Crippen LogP contribution in [0.1, 0.15) is 51.9 Å².